The first kappa shape index (κ1) is 21.4. The number of nitro benzene ring substituents is 1. The maximum Gasteiger partial charge on any atom is 0.272 e. The molecule has 1 heterocycles. The normalized spacial score (nSPS) is 24.2. The molecule has 3 aromatic rings. The van der Waals surface area contributed by atoms with Gasteiger partial charge in [0, 0.05) is 29.5 Å². The molecule has 164 valence electrons. The Kier molecular flexibility index (Phi) is 4.93. The van der Waals surface area contributed by atoms with Gasteiger partial charge in [-0.05, 0) is 23.3 Å². The molecule has 33 heavy (non-hydrogen) atoms. The Hall–Kier alpha value is -3.40. The fraction of sp³-hybridized carbons (Fsp3) is 0.200. The molecule has 5 rings (SSSR count). The SMILES string of the molecule is N#C[C@]1(Cc2ccccc2[N+](=O)[O-])c2ccccc2[C@H]2[C@H](N1C(=O)c1ccccc1)C2(Cl)Cl. The number of para-hydroxylation sites is 1. The first-order valence-corrected chi connectivity index (χ1v) is 11.1. The van der Waals surface area contributed by atoms with Crippen LogP contribution in [0.5, 0.6) is 0 Å². The highest BCUT2D eigenvalue weighted by atomic mass is 35.5. The maximum atomic E-state index is 13.8. The number of nitro groups is 1. The molecule has 0 radical (unpaired) electrons. The van der Waals surface area contributed by atoms with Crippen molar-refractivity contribution in [2.75, 3.05) is 0 Å². The number of nitrogens with zero attached hydrogens (tertiary/aromatic N) is 3. The zero-order valence-electron chi connectivity index (χ0n) is 17.2. The lowest BCUT2D eigenvalue weighted by Crippen LogP contribution is -2.54. The Morgan fingerprint density at radius 2 is 1.67 bits per heavy atom. The number of alkyl halides is 2. The first-order chi connectivity index (χ1) is 15.8. The van der Waals surface area contributed by atoms with Gasteiger partial charge in [0.1, 0.15) is 4.33 Å². The van der Waals surface area contributed by atoms with E-state index in [1.807, 2.05) is 12.1 Å². The van der Waals surface area contributed by atoms with E-state index >= 15 is 0 Å². The van der Waals surface area contributed by atoms with Gasteiger partial charge in [-0.3, -0.25) is 14.9 Å². The summed E-state index contributed by atoms with van der Waals surface area (Å²) in [5.74, 6) is -0.764. The molecule has 1 aliphatic heterocycles. The lowest BCUT2D eigenvalue weighted by molar-refractivity contribution is -0.385. The lowest BCUT2D eigenvalue weighted by Gasteiger charge is -2.43. The number of hydrogen-bond acceptors (Lipinski definition) is 4. The van der Waals surface area contributed by atoms with Crippen molar-refractivity contribution in [1.29, 1.82) is 5.26 Å². The Balaban J connectivity index is 1.75. The van der Waals surface area contributed by atoms with Crippen LogP contribution in [0.3, 0.4) is 0 Å². The van der Waals surface area contributed by atoms with Gasteiger partial charge in [-0.1, -0.05) is 83.9 Å². The van der Waals surface area contributed by atoms with Crippen molar-refractivity contribution in [2.45, 2.75) is 28.3 Å². The number of carbonyl (C=O) groups excluding carboxylic acids is 1. The molecule has 0 bridgehead atoms. The van der Waals surface area contributed by atoms with Crippen LogP contribution >= 0.6 is 23.2 Å². The second-order valence-electron chi connectivity index (χ2n) is 8.26. The lowest BCUT2D eigenvalue weighted by atomic mass is 9.76. The molecule has 0 N–H and O–H groups in total. The Morgan fingerprint density at radius 1 is 1.03 bits per heavy atom. The van der Waals surface area contributed by atoms with Crippen LogP contribution in [0, 0.1) is 21.4 Å². The molecule has 0 saturated heterocycles. The van der Waals surface area contributed by atoms with Crippen molar-refractivity contribution in [2.24, 2.45) is 0 Å². The van der Waals surface area contributed by atoms with Gasteiger partial charge in [0.05, 0.1) is 17.0 Å². The molecule has 0 spiro atoms. The number of benzene rings is 3. The third kappa shape index (κ3) is 3.12. The Labute approximate surface area is 200 Å². The van der Waals surface area contributed by atoms with E-state index in [-0.39, 0.29) is 18.0 Å². The van der Waals surface area contributed by atoms with Crippen LogP contribution in [0.25, 0.3) is 0 Å². The summed E-state index contributed by atoms with van der Waals surface area (Å²) in [5, 5.41) is 22.4. The van der Waals surface area contributed by atoms with Crippen LogP contribution in [0.15, 0.2) is 78.9 Å². The summed E-state index contributed by atoms with van der Waals surface area (Å²) in [5.41, 5.74) is 0.441. The Morgan fingerprint density at radius 3 is 2.36 bits per heavy atom. The molecule has 1 saturated carbocycles. The summed E-state index contributed by atoms with van der Waals surface area (Å²) in [4.78, 5) is 26.5. The number of hydrogen-bond donors (Lipinski definition) is 0. The minimum Gasteiger partial charge on any atom is -0.309 e. The fourth-order valence-electron chi connectivity index (χ4n) is 4.99. The van der Waals surface area contributed by atoms with Gasteiger partial charge in [-0.2, -0.15) is 5.26 Å². The third-order valence-corrected chi connectivity index (χ3v) is 7.42. The highest BCUT2D eigenvalue weighted by Crippen LogP contribution is 2.68. The largest absolute Gasteiger partial charge is 0.309 e. The van der Waals surface area contributed by atoms with E-state index in [0.717, 1.165) is 5.56 Å². The van der Waals surface area contributed by atoms with Crippen LogP contribution in [0.4, 0.5) is 5.69 Å². The minimum absolute atomic E-state index is 0.0800. The number of fused-ring (bicyclic) bond motifs is 3. The van der Waals surface area contributed by atoms with Gasteiger partial charge < -0.3 is 4.90 Å². The van der Waals surface area contributed by atoms with Crippen LogP contribution in [0.1, 0.15) is 33.0 Å². The molecule has 1 fully saturated rings. The molecule has 6 nitrogen and oxygen atoms in total. The summed E-state index contributed by atoms with van der Waals surface area (Å²) >= 11 is 13.4. The van der Waals surface area contributed by atoms with E-state index in [1.165, 1.54) is 11.0 Å². The standard InChI is InChI=1S/C25H17Cl2N3O3/c26-25(27)21-18-11-5-6-12-19(18)24(15-28,14-17-10-4-7-13-20(17)30(32)33)29(22(21)25)23(31)16-8-2-1-3-9-16/h1-13,21-22H,14H2/t21-,22-,24+/m0/s1. The number of amides is 1. The van der Waals surface area contributed by atoms with E-state index in [0.29, 0.717) is 16.7 Å². The van der Waals surface area contributed by atoms with E-state index in [4.69, 9.17) is 23.2 Å². The van der Waals surface area contributed by atoms with Crippen molar-refractivity contribution in [1.82, 2.24) is 4.90 Å². The maximum absolute atomic E-state index is 13.8. The molecule has 3 atom stereocenters. The number of nitriles is 1. The molecule has 0 unspecified atom stereocenters. The van der Waals surface area contributed by atoms with Crippen molar-refractivity contribution < 1.29 is 9.72 Å². The van der Waals surface area contributed by atoms with Crippen molar-refractivity contribution in [3.8, 4) is 6.07 Å². The molecule has 3 aromatic carbocycles. The summed E-state index contributed by atoms with van der Waals surface area (Å²) in [6.45, 7) is 0. The van der Waals surface area contributed by atoms with Gasteiger partial charge in [0.2, 0.25) is 0 Å². The van der Waals surface area contributed by atoms with Gasteiger partial charge in [0.15, 0.2) is 5.54 Å². The van der Waals surface area contributed by atoms with Gasteiger partial charge >= 0.3 is 0 Å². The molecule has 8 heteroatoms. The van der Waals surface area contributed by atoms with Crippen LogP contribution in [-0.2, 0) is 12.0 Å². The monoisotopic (exact) mass is 477 g/mol. The number of carbonyl (C=O) groups is 1. The predicted molar refractivity (Wildman–Crippen MR) is 124 cm³/mol. The number of rotatable bonds is 4. The fourth-order valence-corrected chi connectivity index (χ4v) is 5.78. The van der Waals surface area contributed by atoms with Gasteiger partial charge in [-0.25, -0.2) is 0 Å². The van der Waals surface area contributed by atoms with Crippen LogP contribution < -0.4 is 0 Å². The van der Waals surface area contributed by atoms with Crippen LogP contribution in [0.2, 0.25) is 0 Å². The molecule has 1 amide bonds. The predicted octanol–water partition coefficient (Wildman–Crippen LogP) is 5.35. The highest BCUT2D eigenvalue weighted by Gasteiger charge is 2.74. The van der Waals surface area contributed by atoms with Gasteiger partial charge in [-0.15, -0.1) is 0 Å². The van der Waals surface area contributed by atoms with E-state index < -0.39 is 26.7 Å². The Bertz CT molecular complexity index is 1320. The van der Waals surface area contributed by atoms with Crippen molar-refractivity contribution in [3.63, 3.8) is 0 Å². The smallest absolute Gasteiger partial charge is 0.272 e. The van der Waals surface area contributed by atoms with E-state index in [9.17, 15) is 20.2 Å². The third-order valence-electron chi connectivity index (χ3n) is 6.51. The minimum atomic E-state index is -1.54. The zero-order valence-corrected chi connectivity index (χ0v) is 18.7. The zero-order chi connectivity index (χ0) is 23.4. The summed E-state index contributed by atoms with van der Waals surface area (Å²) < 4.78 is -1.28. The first-order valence-electron chi connectivity index (χ1n) is 10.3. The second-order valence-corrected chi connectivity index (χ2v) is 9.70. The van der Waals surface area contributed by atoms with Crippen molar-refractivity contribution >= 4 is 34.8 Å². The molecular formula is C25H17Cl2N3O3. The van der Waals surface area contributed by atoms with Crippen molar-refractivity contribution in [3.05, 3.63) is 111 Å². The van der Waals surface area contributed by atoms with Crippen LogP contribution in [-0.4, -0.2) is 26.1 Å². The quantitative estimate of drug-likeness (QED) is 0.287. The summed E-state index contributed by atoms with van der Waals surface area (Å²) in [6.07, 6.45) is -0.0800. The summed E-state index contributed by atoms with van der Waals surface area (Å²) in [7, 11) is 0. The van der Waals surface area contributed by atoms with E-state index in [2.05, 4.69) is 6.07 Å². The molecule has 2 aliphatic rings. The molecular weight excluding hydrogens is 461 g/mol. The van der Waals surface area contributed by atoms with E-state index in [1.54, 1.807) is 60.7 Å². The number of halogens is 2. The molecule has 0 aromatic heterocycles. The average molecular weight is 478 g/mol. The van der Waals surface area contributed by atoms with Gasteiger partial charge in [0.25, 0.3) is 11.6 Å². The topological polar surface area (TPSA) is 87.2 Å². The highest BCUT2D eigenvalue weighted by molar-refractivity contribution is 6.52. The average Bonchev–Trinajstić information content (AvgIpc) is 3.40. The molecule has 1 aliphatic carbocycles. The second kappa shape index (κ2) is 7.58. The summed E-state index contributed by atoms with van der Waals surface area (Å²) in [6, 6.07) is 23.8.